The molecule has 116 valence electrons. The molecule has 21 heavy (non-hydrogen) atoms. The number of amides is 1. The molecule has 3 nitrogen and oxygen atoms in total. The zero-order valence-electron chi connectivity index (χ0n) is 13.8. The molecule has 1 aliphatic heterocycles. The van der Waals surface area contributed by atoms with E-state index in [-0.39, 0.29) is 5.91 Å². The number of carbonyl (C=O) groups excluding carboxylic acids is 1. The molecule has 0 atom stereocenters. The largest absolute Gasteiger partial charge is 0.335 e. The van der Waals surface area contributed by atoms with Crippen LogP contribution >= 0.6 is 0 Å². The monoisotopic (exact) mass is 288 g/mol. The predicted octanol–water partition coefficient (Wildman–Crippen LogP) is 3.58. The van der Waals surface area contributed by atoms with E-state index in [0.717, 1.165) is 38.0 Å². The van der Waals surface area contributed by atoms with Gasteiger partial charge < -0.3 is 10.2 Å². The third-order valence-corrected chi connectivity index (χ3v) is 4.29. The number of rotatable bonds is 6. The summed E-state index contributed by atoms with van der Waals surface area (Å²) in [5.74, 6) is 0.678. The Morgan fingerprint density at radius 1 is 1.19 bits per heavy atom. The molecule has 1 heterocycles. The highest BCUT2D eigenvalue weighted by Gasteiger charge is 2.24. The van der Waals surface area contributed by atoms with Crippen molar-refractivity contribution in [3.63, 3.8) is 0 Å². The lowest BCUT2D eigenvalue weighted by Gasteiger charge is -2.32. The van der Waals surface area contributed by atoms with Crippen LogP contribution in [0.15, 0.2) is 18.2 Å². The van der Waals surface area contributed by atoms with E-state index in [4.69, 9.17) is 0 Å². The lowest BCUT2D eigenvalue weighted by molar-refractivity contribution is 0.0640. The molecule has 1 amide bonds. The average Bonchev–Trinajstić information content (AvgIpc) is 2.93. The van der Waals surface area contributed by atoms with Crippen LogP contribution in [0.4, 0.5) is 0 Å². The minimum absolute atomic E-state index is 0.187. The molecule has 0 saturated carbocycles. The molecular formula is C18H28N2O. The van der Waals surface area contributed by atoms with Gasteiger partial charge in [0.05, 0.1) is 0 Å². The van der Waals surface area contributed by atoms with Crippen molar-refractivity contribution in [1.82, 2.24) is 10.2 Å². The van der Waals surface area contributed by atoms with E-state index in [2.05, 4.69) is 50.0 Å². The zero-order chi connectivity index (χ0) is 15.4. The van der Waals surface area contributed by atoms with Crippen LogP contribution in [-0.2, 0) is 13.1 Å². The minimum atomic E-state index is 0.187. The fourth-order valence-electron chi connectivity index (χ4n) is 3.11. The van der Waals surface area contributed by atoms with E-state index < -0.39 is 0 Å². The highest BCUT2D eigenvalue weighted by atomic mass is 16.2. The molecule has 2 rings (SSSR count). The molecule has 0 radical (unpaired) electrons. The second kappa shape index (κ2) is 7.08. The fraction of sp³-hybridized carbons (Fsp3) is 0.611. The standard InChI is InChI=1S/C18H28N2O/c1-5-17(6-2)20(12-13(3)4)18(21)14-7-8-15-10-19-11-16(15)9-14/h7-9,13,17,19H,5-6,10-12H2,1-4H3. The van der Waals surface area contributed by atoms with E-state index in [1.165, 1.54) is 11.1 Å². The van der Waals surface area contributed by atoms with Crippen molar-refractivity contribution in [2.45, 2.75) is 59.7 Å². The number of carbonyl (C=O) groups is 1. The van der Waals surface area contributed by atoms with Crippen LogP contribution in [0.3, 0.4) is 0 Å². The Morgan fingerprint density at radius 2 is 1.86 bits per heavy atom. The Kier molecular flexibility index (Phi) is 5.40. The SMILES string of the molecule is CCC(CC)N(CC(C)C)C(=O)c1ccc2c(c1)CNC2. The molecule has 1 aromatic rings. The first-order valence-electron chi connectivity index (χ1n) is 8.20. The van der Waals surface area contributed by atoms with Crippen LogP contribution in [0, 0.1) is 5.92 Å². The molecule has 0 unspecified atom stereocenters. The molecule has 0 aromatic heterocycles. The van der Waals surface area contributed by atoms with Gasteiger partial charge in [0.2, 0.25) is 0 Å². The van der Waals surface area contributed by atoms with Gasteiger partial charge in [-0.25, -0.2) is 0 Å². The first-order chi connectivity index (χ1) is 10.1. The first-order valence-corrected chi connectivity index (χ1v) is 8.20. The van der Waals surface area contributed by atoms with E-state index in [0.29, 0.717) is 12.0 Å². The normalized spacial score (nSPS) is 13.8. The summed E-state index contributed by atoms with van der Waals surface area (Å²) < 4.78 is 0. The van der Waals surface area contributed by atoms with Gasteiger partial charge >= 0.3 is 0 Å². The lowest BCUT2D eigenvalue weighted by atomic mass is 10.0. The molecule has 1 aromatic carbocycles. The Balaban J connectivity index is 2.24. The zero-order valence-corrected chi connectivity index (χ0v) is 13.8. The quantitative estimate of drug-likeness (QED) is 0.868. The van der Waals surface area contributed by atoms with Gasteiger partial charge in [-0.15, -0.1) is 0 Å². The summed E-state index contributed by atoms with van der Waals surface area (Å²) in [5.41, 5.74) is 3.43. The van der Waals surface area contributed by atoms with Crippen molar-refractivity contribution < 1.29 is 4.79 Å². The number of nitrogens with zero attached hydrogens (tertiary/aromatic N) is 1. The molecule has 1 N–H and O–H groups in total. The molecule has 0 aliphatic carbocycles. The van der Waals surface area contributed by atoms with Crippen LogP contribution in [0.5, 0.6) is 0 Å². The van der Waals surface area contributed by atoms with Gasteiger partial charge in [-0.2, -0.15) is 0 Å². The van der Waals surface area contributed by atoms with Crippen molar-refractivity contribution >= 4 is 5.91 Å². The number of hydrogen-bond acceptors (Lipinski definition) is 2. The molecule has 0 fully saturated rings. The summed E-state index contributed by atoms with van der Waals surface area (Å²) >= 11 is 0. The maximum Gasteiger partial charge on any atom is 0.254 e. The highest BCUT2D eigenvalue weighted by molar-refractivity contribution is 5.94. The van der Waals surface area contributed by atoms with Gasteiger partial charge in [0.25, 0.3) is 5.91 Å². The summed E-state index contributed by atoms with van der Waals surface area (Å²) in [5, 5.41) is 3.34. The number of hydrogen-bond donors (Lipinski definition) is 1. The van der Waals surface area contributed by atoms with Crippen LogP contribution in [0.2, 0.25) is 0 Å². The van der Waals surface area contributed by atoms with Crippen molar-refractivity contribution in [2.75, 3.05) is 6.54 Å². The summed E-state index contributed by atoms with van der Waals surface area (Å²) in [6.45, 7) is 11.3. The molecule has 0 saturated heterocycles. The van der Waals surface area contributed by atoms with Gasteiger partial charge in [0, 0.05) is 31.2 Å². The maximum atomic E-state index is 12.9. The third-order valence-electron chi connectivity index (χ3n) is 4.29. The topological polar surface area (TPSA) is 32.3 Å². The van der Waals surface area contributed by atoms with E-state index in [1.54, 1.807) is 0 Å². The molecule has 0 spiro atoms. The number of nitrogens with one attached hydrogen (secondary N) is 1. The second-order valence-electron chi connectivity index (χ2n) is 6.41. The summed E-state index contributed by atoms with van der Waals surface area (Å²) in [4.78, 5) is 15.0. The van der Waals surface area contributed by atoms with E-state index in [9.17, 15) is 4.79 Å². The number of benzene rings is 1. The number of fused-ring (bicyclic) bond motifs is 1. The van der Waals surface area contributed by atoms with Crippen LogP contribution in [0.25, 0.3) is 0 Å². The van der Waals surface area contributed by atoms with Crippen LogP contribution < -0.4 is 5.32 Å². The third kappa shape index (κ3) is 3.65. The van der Waals surface area contributed by atoms with Gasteiger partial charge in [-0.3, -0.25) is 4.79 Å². The Labute approximate surface area is 128 Å². The Bertz CT molecular complexity index is 492. The van der Waals surface area contributed by atoms with E-state index in [1.807, 2.05) is 6.07 Å². The maximum absolute atomic E-state index is 12.9. The van der Waals surface area contributed by atoms with Gasteiger partial charge in [-0.1, -0.05) is 33.8 Å². The van der Waals surface area contributed by atoms with Crippen LogP contribution in [-0.4, -0.2) is 23.4 Å². The molecule has 3 heteroatoms. The van der Waals surface area contributed by atoms with Crippen molar-refractivity contribution in [3.8, 4) is 0 Å². The molecular weight excluding hydrogens is 260 g/mol. The Hall–Kier alpha value is -1.35. The lowest BCUT2D eigenvalue weighted by Crippen LogP contribution is -2.42. The van der Waals surface area contributed by atoms with Gasteiger partial charge in [0.15, 0.2) is 0 Å². The summed E-state index contributed by atoms with van der Waals surface area (Å²) in [6.07, 6.45) is 2.03. The first kappa shape index (κ1) is 16.0. The minimum Gasteiger partial charge on any atom is -0.335 e. The predicted molar refractivity (Wildman–Crippen MR) is 87.2 cm³/mol. The molecule has 0 bridgehead atoms. The second-order valence-corrected chi connectivity index (χ2v) is 6.41. The van der Waals surface area contributed by atoms with Crippen molar-refractivity contribution in [3.05, 3.63) is 34.9 Å². The highest BCUT2D eigenvalue weighted by Crippen LogP contribution is 2.21. The smallest absolute Gasteiger partial charge is 0.254 e. The van der Waals surface area contributed by atoms with Gasteiger partial charge in [0.1, 0.15) is 0 Å². The Morgan fingerprint density at radius 3 is 2.48 bits per heavy atom. The van der Waals surface area contributed by atoms with Crippen molar-refractivity contribution in [1.29, 1.82) is 0 Å². The fourth-order valence-corrected chi connectivity index (χ4v) is 3.11. The summed E-state index contributed by atoms with van der Waals surface area (Å²) in [6, 6.07) is 6.51. The van der Waals surface area contributed by atoms with E-state index >= 15 is 0 Å². The summed E-state index contributed by atoms with van der Waals surface area (Å²) in [7, 11) is 0. The molecule has 1 aliphatic rings. The van der Waals surface area contributed by atoms with Crippen LogP contribution in [0.1, 0.15) is 62.0 Å². The van der Waals surface area contributed by atoms with Gasteiger partial charge in [-0.05, 0) is 42.0 Å². The van der Waals surface area contributed by atoms with Crippen molar-refractivity contribution in [2.24, 2.45) is 5.92 Å². The average molecular weight is 288 g/mol.